The van der Waals surface area contributed by atoms with E-state index in [4.69, 9.17) is 9.47 Å². The van der Waals surface area contributed by atoms with E-state index >= 15 is 0 Å². The predicted molar refractivity (Wildman–Crippen MR) is 112 cm³/mol. The lowest BCUT2D eigenvalue weighted by Crippen LogP contribution is -2.36. The molecule has 1 aromatic rings. The van der Waals surface area contributed by atoms with E-state index in [0.717, 1.165) is 17.7 Å². The van der Waals surface area contributed by atoms with Gasteiger partial charge in [-0.2, -0.15) is 0 Å². The number of nitrogens with zero attached hydrogens (tertiary/aromatic N) is 1. The molecule has 0 radical (unpaired) electrons. The van der Waals surface area contributed by atoms with E-state index in [2.05, 4.69) is 26.8 Å². The van der Waals surface area contributed by atoms with Gasteiger partial charge in [-0.25, -0.2) is 4.79 Å². The third-order valence-corrected chi connectivity index (χ3v) is 3.05. The van der Waals surface area contributed by atoms with Gasteiger partial charge in [0.2, 0.25) is 0 Å². The van der Waals surface area contributed by atoms with Crippen LogP contribution in [-0.4, -0.2) is 36.8 Å². The van der Waals surface area contributed by atoms with Crippen LogP contribution < -0.4 is 4.74 Å². The molecule has 0 saturated heterocycles. The summed E-state index contributed by atoms with van der Waals surface area (Å²) in [6, 6.07) is 6.14. The Morgan fingerprint density at radius 1 is 1.12 bits per heavy atom. The number of amides is 1. The molecule has 1 aromatic carbocycles. The van der Waals surface area contributed by atoms with Crippen molar-refractivity contribution in [1.29, 1.82) is 0 Å². The first-order valence-electron chi connectivity index (χ1n) is 9.81. The summed E-state index contributed by atoms with van der Waals surface area (Å²) >= 11 is 0. The van der Waals surface area contributed by atoms with Crippen LogP contribution in [0.4, 0.5) is 4.79 Å². The Balaban J connectivity index is 0. The van der Waals surface area contributed by atoms with Gasteiger partial charge in [0, 0.05) is 7.05 Å². The molecule has 1 rings (SSSR count). The predicted octanol–water partition coefficient (Wildman–Crippen LogP) is 6.25. The lowest BCUT2D eigenvalue weighted by atomic mass is 10.1. The molecule has 1 amide bonds. The van der Waals surface area contributed by atoms with Crippen molar-refractivity contribution in [1.82, 2.24) is 4.90 Å². The average Bonchev–Trinajstić information content (AvgIpc) is 2.57. The summed E-state index contributed by atoms with van der Waals surface area (Å²) < 4.78 is 11.2. The van der Waals surface area contributed by atoms with Gasteiger partial charge in [-0.3, -0.25) is 0 Å². The Kier molecular flexibility index (Phi) is 14.7. The number of para-hydroxylation sites is 1. The summed E-state index contributed by atoms with van der Waals surface area (Å²) in [5, 5.41) is 0. The van der Waals surface area contributed by atoms with E-state index in [0.29, 0.717) is 13.2 Å². The number of ether oxygens (including phenoxy) is 2. The SMILES string of the molecule is CC.CCC.CCc1cccc(C)c1OCCN(C)C(=O)OC(C)(C)C. The molecule has 0 aliphatic heterocycles. The molecule has 0 saturated carbocycles. The van der Waals surface area contributed by atoms with Crippen LogP contribution in [0.15, 0.2) is 18.2 Å². The number of benzene rings is 1. The van der Waals surface area contributed by atoms with Crippen LogP contribution in [0.25, 0.3) is 0 Å². The van der Waals surface area contributed by atoms with Crippen molar-refractivity contribution in [3.63, 3.8) is 0 Å². The minimum Gasteiger partial charge on any atom is -0.491 e. The number of rotatable bonds is 5. The van der Waals surface area contributed by atoms with Gasteiger partial charge < -0.3 is 14.4 Å². The van der Waals surface area contributed by atoms with Crippen molar-refractivity contribution in [3.05, 3.63) is 29.3 Å². The molecule has 0 atom stereocenters. The Hall–Kier alpha value is -1.71. The van der Waals surface area contributed by atoms with Crippen LogP contribution in [0.1, 0.15) is 72.9 Å². The molecule has 0 aliphatic rings. The van der Waals surface area contributed by atoms with Gasteiger partial charge in [-0.1, -0.05) is 59.2 Å². The lowest BCUT2D eigenvalue weighted by Gasteiger charge is -2.24. The van der Waals surface area contributed by atoms with Crippen molar-refractivity contribution >= 4 is 6.09 Å². The van der Waals surface area contributed by atoms with E-state index < -0.39 is 5.60 Å². The Morgan fingerprint density at radius 2 is 1.65 bits per heavy atom. The van der Waals surface area contributed by atoms with Crippen molar-refractivity contribution in [2.45, 2.75) is 80.8 Å². The van der Waals surface area contributed by atoms with Crippen molar-refractivity contribution < 1.29 is 14.3 Å². The van der Waals surface area contributed by atoms with Gasteiger partial charge >= 0.3 is 6.09 Å². The quantitative estimate of drug-likeness (QED) is 0.618. The zero-order chi connectivity index (χ0) is 20.8. The zero-order valence-electron chi connectivity index (χ0n) is 18.7. The van der Waals surface area contributed by atoms with E-state index in [9.17, 15) is 4.79 Å². The molecule has 0 fully saturated rings. The first-order valence-corrected chi connectivity index (χ1v) is 9.81. The second-order valence-corrected chi connectivity index (χ2v) is 6.87. The minimum atomic E-state index is -0.475. The minimum absolute atomic E-state index is 0.327. The van der Waals surface area contributed by atoms with E-state index in [1.165, 1.54) is 16.9 Å². The molecule has 0 heterocycles. The van der Waals surface area contributed by atoms with Gasteiger partial charge in [0.1, 0.15) is 18.0 Å². The molecule has 0 aliphatic carbocycles. The highest BCUT2D eigenvalue weighted by Crippen LogP contribution is 2.23. The molecule has 0 bridgehead atoms. The maximum Gasteiger partial charge on any atom is 0.410 e. The number of hydrogen-bond donors (Lipinski definition) is 0. The second kappa shape index (κ2) is 14.5. The number of aryl methyl sites for hydroxylation is 2. The average molecular weight is 368 g/mol. The highest BCUT2D eigenvalue weighted by atomic mass is 16.6. The van der Waals surface area contributed by atoms with Crippen LogP contribution in [0.3, 0.4) is 0 Å². The summed E-state index contributed by atoms with van der Waals surface area (Å²) in [7, 11) is 1.72. The standard InChI is InChI=1S/C17H27NO3.C3H8.C2H6/c1-7-14-10-8-9-13(2)15(14)20-12-11-18(6)16(19)21-17(3,4)5;1-3-2;1-2/h8-10H,7,11-12H2,1-6H3;3H2,1-2H3;1-2H3. The van der Waals surface area contributed by atoms with Gasteiger partial charge in [0.25, 0.3) is 0 Å². The monoisotopic (exact) mass is 367 g/mol. The molecule has 0 unspecified atom stereocenters. The topological polar surface area (TPSA) is 38.8 Å². The Morgan fingerprint density at radius 3 is 2.12 bits per heavy atom. The van der Waals surface area contributed by atoms with Crippen LogP contribution >= 0.6 is 0 Å². The van der Waals surface area contributed by atoms with Crippen LogP contribution in [0, 0.1) is 6.92 Å². The largest absolute Gasteiger partial charge is 0.491 e. The summed E-state index contributed by atoms with van der Waals surface area (Å²) in [4.78, 5) is 13.4. The van der Waals surface area contributed by atoms with Gasteiger partial charge in [-0.15, -0.1) is 0 Å². The first kappa shape index (κ1) is 26.5. The van der Waals surface area contributed by atoms with E-state index in [1.807, 2.05) is 53.7 Å². The number of carbonyl (C=O) groups excluding carboxylic acids is 1. The lowest BCUT2D eigenvalue weighted by molar-refractivity contribution is 0.0278. The highest BCUT2D eigenvalue weighted by Gasteiger charge is 2.19. The number of hydrogen-bond acceptors (Lipinski definition) is 3. The highest BCUT2D eigenvalue weighted by molar-refractivity contribution is 5.67. The summed E-state index contributed by atoms with van der Waals surface area (Å²) in [5.74, 6) is 0.928. The van der Waals surface area contributed by atoms with E-state index in [-0.39, 0.29) is 6.09 Å². The third-order valence-electron chi connectivity index (χ3n) is 3.05. The molecular formula is C22H41NO3. The van der Waals surface area contributed by atoms with Crippen LogP contribution in [0.2, 0.25) is 0 Å². The fourth-order valence-corrected chi connectivity index (χ4v) is 1.91. The van der Waals surface area contributed by atoms with Crippen molar-refractivity contribution in [2.75, 3.05) is 20.2 Å². The number of likely N-dealkylation sites (N-methyl/N-ethyl adjacent to an activating group) is 1. The Bertz CT molecular complexity index is 493. The fourth-order valence-electron chi connectivity index (χ4n) is 1.91. The van der Waals surface area contributed by atoms with Crippen LogP contribution in [-0.2, 0) is 11.2 Å². The molecule has 0 spiro atoms. The normalized spacial score (nSPS) is 9.92. The summed E-state index contributed by atoms with van der Waals surface area (Å²) in [6.45, 7) is 18.9. The molecule has 4 heteroatoms. The molecular weight excluding hydrogens is 326 g/mol. The van der Waals surface area contributed by atoms with Gasteiger partial charge in [-0.05, 0) is 45.2 Å². The third kappa shape index (κ3) is 11.8. The molecule has 4 nitrogen and oxygen atoms in total. The molecule has 26 heavy (non-hydrogen) atoms. The van der Waals surface area contributed by atoms with Gasteiger partial charge in [0.05, 0.1) is 6.54 Å². The zero-order valence-corrected chi connectivity index (χ0v) is 18.7. The summed E-state index contributed by atoms with van der Waals surface area (Å²) in [5.41, 5.74) is 1.83. The van der Waals surface area contributed by atoms with E-state index in [1.54, 1.807) is 7.05 Å². The maximum absolute atomic E-state index is 11.8. The molecule has 0 N–H and O–H groups in total. The smallest absolute Gasteiger partial charge is 0.410 e. The second-order valence-electron chi connectivity index (χ2n) is 6.87. The first-order chi connectivity index (χ1) is 12.2. The van der Waals surface area contributed by atoms with Crippen LogP contribution in [0.5, 0.6) is 5.75 Å². The maximum atomic E-state index is 11.8. The van der Waals surface area contributed by atoms with Crippen molar-refractivity contribution in [3.8, 4) is 5.75 Å². The molecule has 152 valence electrons. The Labute approximate surface area is 161 Å². The van der Waals surface area contributed by atoms with Crippen molar-refractivity contribution in [2.24, 2.45) is 0 Å². The fraction of sp³-hybridized carbons (Fsp3) is 0.682. The number of carbonyl (C=O) groups is 1. The van der Waals surface area contributed by atoms with Gasteiger partial charge in [0.15, 0.2) is 0 Å². The summed E-state index contributed by atoms with van der Waals surface area (Å²) in [6.07, 6.45) is 1.85. The molecule has 0 aromatic heterocycles.